The molecule has 1 unspecified atom stereocenters. The van der Waals surface area contributed by atoms with E-state index in [1.807, 2.05) is 4.90 Å². The third-order valence-corrected chi connectivity index (χ3v) is 3.55. The lowest BCUT2D eigenvalue weighted by Gasteiger charge is -2.17. The Labute approximate surface area is 104 Å². The second kappa shape index (κ2) is 4.74. The molecule has 0 aromatic carbocycles. The maximum Gasteiger partial charge on any atom is 0.434 e. The van der Waals surface area contributed by atoms with Crippen LogP contribution in [-0.2, 0) is 6.18 Å². The molecule has 1 aliphatic rings. The van der Waals surface area contributed by atoms with Gasteiger partial charge in [-0.2, -0.15) is 13.2 Å². The van der Waals surface area contributed by atoms with Crippen molar-refractivity contribution < 1.29 is 13.2 Å². The summed E-state index contributed by atoms with van der Waals surface area (Å²) in [6, 6.07) is 0. The van der Waals surface area contributed by atoms with E-state index in [1.165, 1.54) is 6.20 Å². The van der Waals surface area contributed by atoms with Gasteiger partial charge in [0.25, 0.3) is 0 Å². The largest absolute Gasteiger partial charge is 0.434 e. The predicted molar refractivity (Wildman–Crippen MR) is 62.2 cm³/mol. The predicted octanol–water partition coefficient (Wildman–Crippen LogP) is 2.98. The van der Waals surface area contributed by atoms with Gasteiger partial charge in [-0.25, -0.2) is 9.97 Å². The zero-order chi connectivity index (χ0) is 13.3. The Morgan fingerprint density at radius 1 is 1.28 bits per heavy atom. The van der Waals surface area contributed by atoms with Crippen LogP contribution in [0.4, 0.5) is 19.0 Å². The Morgan fingerprint density at radius 2 is 2.00 bits per heavy atom. The van der Waals surface area contributed by atoms with Crippen LogP contribution in [0.15, 0.2) is 12.4 Å². The normalized spacial score (nSPS) is 24.6. The first kappa shape index (κ1) is 13.1. The fraction of sp³-hybridized carbons (Fsp3) is 0.667. The molecule has 1 fully saturated rings. The van der Waals surface area contributed by atoms with Crippen LogP contribution in [0.2, 0.25) is 0 Å². The molecule has 100 valence electrons. The van der Waals surface area contributed by atoms with Gasteiger partial charge in [-0.05, 0) is 11.8 Å². The third kappa shape index (κ3) is 2.57. The molecule has 0 spiro atoms. The van der Waals surface area contributed by atoms with Crippen LogP contribution >= 0.6 is 0 Å². The van der Waals surface area contributed by atoms with Gasteiger partial charge in [0.2, 0.25) is 0 Å². The lowest BCUT2D eigenvalue weighted by Crippen LogP contribution is -2.22. The van der Waals surface area contributed by atoms with Gasteiger partial charge in [0.05, 0.1) is 12.4 Å². The average Bonchev–Trinajstić information content (AvgIpc) is 2.69. The topological polar surface area (TPSA) is 29.0 Å². The maximum absolute atomic E-state index is 12.4. The fourth-order valence-corrected chi connectivity index (χ4v) is 2.38. The van der Waals surface area contributed by atoms with Crippen LogP contribution in [-0.4, -0.2) is 23.1 Å². The molecule has 0 saturated carbocycles. The van der Waals surface area contributed by atoms with Crippen molar-refractivity contribution in [3.63, 3.8) is 0 Å². The molecule has 2 rings (SSSR count). The minimum atomic E-state index is -4.42. The average molecular weight is 259 g/mol. The molecule has 0 aliphatic carbocycles. The molecule has 0 bridgehead atoms. The number of halogens is 3. The Balaban J connectivity index is 2.12. The van der Waals surface area contributed by atoms with Gasteiger partial charge < -0.3 is 4.90 Å². The van der Waals surface area contributed by atoms with Crippen molar-refractivity contribution in [2.24, 2.45) is 11.8 Å². The van der Waals surface area contributed by atoms with Crippen LogP contribution in [0.1, 0.15) is 26.0 Å². The van der Waals surface area contributed by atoms with Crippen molar-refractivity contribution >= 4 is 5.82 Å². The summed E-state index contributed by atoms with van der Waals surface area (Å²) in [5, 5.41) is 0. The Hall–Kier alpha value is -1.33. The summed E-state index contributed by atoms with van der Waals surface area (Å²) in [5.41, 5.74) is -0.939. The molecule has 0 N–H and O–H groups in total. The highest BCUT2D eigenvalue weighted by atomic mass is 19.4. The van der Waals surface area contributed by atoms with Gasteiger partial charge in [0.15, 0.2) is 5.69 Å². The zero-order valence-corrected chi connectivity index (χ0v) is 10.4. The lowest BCUT2D eigenvalue weighted by atomic mass is 9.96. The highest BCUT2D eigenvalue weighted by molar-refractivity contribution is 5.37. The second-order valence-corrected chi connectivity index (χ2v) is 4.81. The number of anilines is 1. The van der Waals surface area contributed by atoms with Gasteiger partial charge in [-0.1, -0.05) is 20.3 Å². The summed E-state index contributed by atoms with van der Waals surface area (Å²) >= 11 is 0. The van der Waals surface area contributed by atoms with Gasteiger partial charge in [0.1, 0.15) is 5.82 Å². The Bertz CT molecular complexity index is 402. The summed E-state index contributed by atoms with van der Waals surface area (Å²) in [6.45, 7) is 5.96. The molecule has 1 aromatic heterocycles. The molecule has 0 radical (unpaired) electrons. The van der Waals surface area contributed by atoms with E-state index >= 15 is 0 Å². The molecule has 6 heteroatoms. The SMILES string of the molecule is CCC1CN(c2cnc(C(F)(F)F)cn2)C[C@@H]1C. The molecule has 2 heterocycles. The standard InChI is InChI=1S/C12H16F3N3/c1-3-9-7-18(6-8(9)2)11-5-16-10(4-17-11)12(13,14)15/h4-5,8-9H,3,6-7H2,1-2H3/t8-,9?/m0/s1. The summed E-state index contributed by atoms with van der Waals surface area (Å²) in [7, 11) is 0. The second-order valence-electron chi connectivity index (χ2n) is 4.81. The van der Waals surface area contributed by atoms with Crippen molar-refractivity contribution in [1.82, 2.24) is 9.97 Å². The van der Waals surface area contributed by atoms with E-state index in [4.69, 9.17) is 0 Å². The molecule has 1 saturated heterocycles. The first-order valence-electron chi connectivity index (χ1n) is 6.06. The molecule has 3 nitrogen and oxygen atoms in total. The number of aromatic nitrogens is 2. The number of hydrogen-bond donors (Lipinski definition) is 0. The highest BCUT2D eigenvalue weighted by Gasteiger charge is 2.34. The fourth-order valence-electron chi connectivity index (χ4n) is 2.38. The van der Waals surface area contributed by atoms with Crippen LogP contribution in [0, 0.1) is 11.8 Å². The first-order valence-corrected chi connectivity index (χ1v) is 6.06. The van der Waals surface area contributed by atoms with E-state index in [9.17, 15) is 13.2 Å². The van der Waals surface area contributed by atoms with Crippen LogP contribution < -0.4 is 4.90 Å². The molecule has 1 aliphatic heterocycles. The van der Waals surface area contributed by atoms with Crippen LogP contribution in [0.5, 0.6) is 0 Å². The van der Waals surface area contributed by atoms with Gasteiger partial charge in [-0.3, -0.25) is 0 Å². The van der Waals surface area contributed by atoms with Crippen molar-refractivity contribution in [1.29, 1.82) is 0 Å². The maximum atomic E-state index is 12.4. The van der Waals surface area contributed by atoms with Crippen molar-refractivity contribution in [2.45, 2.75) is 26.4 Å². The van der Waals surface area contributed by atoms with Gasteiger partial charge in [0, 0.05) is 13.1 Å². The molecule has 0 amide bonds. The van der Waals surface area contributed by atoms with Crippen LogP contribution in [0.25, 0.3) is 0 Å². The summed E-state index contributed by atoms with van der Waals surface area (Å²) < 4.78 is 37.1. The van der Waals surface area contributed by atoms with E-state index < -0.39 is 11.9 Å². The molecular formula is C12H16F3N3. The zero-order valence-electron chi connectivity index (χ0n) is 10.4. The molecule has 18 heavy (non-hydrogen) atoms. The van der Waals surface area contributed by atoms with Crippen molar-refractivity contribution in [2.75, 3.05) is 18.0 Å². The minimum absolute atomic E-state index is 0.533. The summed E-state index contributed by atoms with van der Waals surface area (Å²) in [4.78, 5) is 9.32. The summed E-state index contributed by atoms with van der Waals surface area (Å²) in [5.74, 6) is 1.65. The lowest BCUT2D eigenvalue weighted by molar-refractivity contribution is -0.141. The Kier molecular flexibility index (Phi) is 3.45. The van der Waals surface area contributed by atoms with Gasteiger partial charge >= 0.3 is 6.18 Å². The molecule has 2 atom stereocenters. The number of alkyl halides is 3. The third-order valence-electron chi connectivity index (χ3n) is 3.55. The van der Waals surface area contributed by atoms with E-state index in [0.29, 0.717) is 17.7 Å². The van der Waals surface area contributed by atoms with Crippen molar-refractivity contribution in [3.8, 4) is 0 Å². The number of nitrogens with zero attached hydrogens (tertiary/aromatic N) is 3. The number of hydrogen-bond acceptors (Lipinski definition) is 3. The van der Waals surface area contributed by atoms with Crippen LogP contribution in [0.3, 0.4) is 0 Å². The monoisotopic (exact) mass is 259 g/mol. The Morgan fingerprint density at radius 3 is 2.44 bits per heavy atom. The van der Waals surface area contributed by atoms with Gasteiger partial charge in [-0.15, -0.1) is 0 Å². The molecule has 1 aromatic rings. The van der Waals surface area contributed by atoms with Crippen molar-refractivity contribution in [3.05, 3.63) is 18.1 Å². The minimum Gasteiger partial charge on any atom is -0.355 e. The smallest absolute Gasteiger partial charge is 0.355 e. The van der Waals surface area contributed by atoms with E-state index in [1.54, 1.807) is 0 Å². The highest BCUT2D eigenvalue weighted by Crippen LogP contribution is 2.30. The van der Waals surface area contributed by atoms with E-state index in [2.05, 4.69) is 23.8 Å². The van der Waals surface area contributed by atoms with E-state index in [0.717, 1.165) is 25.7 Å². The van der Waals surface area contributed by atoms with E-state index in [-0.39, 0.29) is 0 Å². The first-order chi connectivity index (χ1) is 8.41. The number of rotatable bonds is 2. The summed E-state index contributed by atoms with van der Waals surface area (Å²) in [6.07, 6.45) is -1.33. The quantitative estimate of drug-likeness (QED) is 0.817. The molecular weight excluding hydrogens is 243 g/mol.